The molecule has 0 saturated heterocycles. The van der Waals surface area contributed by atoms with Crippen molar-refractivity contribution in [3.05, 3.63) is 166 Å². The van der Waals surface area contributed by atoms with Gasteiger partial charge in [0.05, 0.1) is 0 Å². The zero-order valence-corrected chi connectivity index (χ0v) is 26.7. The van der Waals surface area contributed by atoms with E-state index in [-0.39, 0.29) is 23.1 Å². The van der Waals surface area contributed by atoms with Gasteiger partial charge in [-0.05, 0) is 49.9 Å². The highest BCUT2D eigenvalue weighted by atomic mass is 19.2. The van der Waals surface area contributed by atoms with E-state index in [1.165, 1.54) is 38.0 Å². The molecule has 0 spiro atoms. The lowest BCUT2D eigenvalue weighted by Crippen LogP contribution is -2.05. The Labute approximate surface area is 284 Å². The maximum atomic E-state index is 13.1. The number of aliphatic hydroxyl groups excluding tert-OH is 1. The molecule has 2 radical (unpaired) electrons. The molecule has 0 saturated carbocycles. The third-order valence-corrected chi connectivity index (χ3v) is 6.21. The SMILES string of the molecule is C#Cc1c(F)c(F)c(F)c(F)c1F.CO.Cc1cccc(F)c1F.[CH2]c1c(F)c(F)c(CC)c(F)c1F.[CH2]c1c(F)c(F)c(F)c(C=C)c1C=C. The summed E-state index contributed by atoms with van der Waals surface area (Å²) in [6.45, 7) is 15.8. The summed E-state index contributed by atoms with van der Waals surface area (Å²) in [6.07, 6.45) is 6.76. The monoisotopic (exact) mass is 740 g/mol. The van der Waals surface area contributed by atoms with Crippen molar-refractivity contribution in [1.82, 2.24) is 0 Å². The first-order valence-corrected chi connectivity index (χ1v) is 13.5. The summed E-state index contributed by atoms with van der Waals surface area (Å²) in [7, 11) is 1.00. The molecule has 1 nitrogen and oxygen atoms in total. The molecule has 4 rings (SSSR count). The van der Waals surface area contributed by atoms with Crippen molar-refractivity contribution in [3.63, 3.8) is 0 Å². The topological polar surface area (TPSA) is 20.2 Å². The molecule has 0 aliphatic rings. The molecule has 0 amide bonds. The van der Waals surface area contributed by atoms with Gasteiger partial charge in [0.25, 0.3) is 0 Å². The Bertz CT molecular complexity index is 1780. The summed E-state index contributed by atoms with van der Waals surface area (Å²) in [5.74, 6) is -20.1. The van der Waals surface area contributed by atoms with Gasteiger partial charge in [0.1, 0.15) is 5.56 Å². The van der Waals surface area contributed by atoms with Crippen LogP contribution in [0.4, 0.5) is 61.5 Å². The number of hydrogen-bond acceptors (Lipinski definition) is 1. The Hall–Kier alpha value is -5.10. The van der Waals surface area contributed by atoms with Gasteiger partial charge in [-0.3, -0.25) is 0 Å². The van der Waals surface area contributed by atoms with Crippen LogP contribution in [0.25, 0.3) is 12.2 Å². The molecule has 0 atom stereocenters. The van der Waals surface area contributed by atoms with Crippen LogP contribution in [0.15, 0.2) is 31.4 Å². The highest BCUT2D eigenvalue weighted by Crippen LogP contribution is 2.27. The van der Waals surface area contributed by atoms with E-state index < -0.39 is 98.1 Å². The van der Waals surface area contributed by atoms with Gasteiger partial charge in [0.15, 0.2) is 75.6 Å². The van der Waals surface area contributed by atoms with Gasteiger partial charge in [-0.25, -0.2) is 61.5 Å². The van der Waals surface area contributed by atoms with Gasteiger partial charge in [-0.1, -0.05) is 50.3 Å². The molecule has 0 heterocycles. The van der Waals surface area contributed by atoms with Crippen molar-refractivity contribution < 1.29 is 66.6 Å². The van der Waals surface area contributed by atoms with Crippen LogP contribution in [-0.4, -0.2) is 12.2 Å². The third-order valence-electron chi connectivity index (χ3n) is 6.21. The normalized spacial score (nSPS) is 9.78. The van der Waals surface area contributed by atoms with Crippen LogP contribution < -0.4 is 0 Å². The van der Waals surface area contributed by atoms with Gasteiger partial charge in [-0.15, -0.1) is 6.42 Å². The average Bonchev–Trinajstić information content (AvgIpc) is 3.13. The molecule has 0 aromatic heterocycles. The van der Waals surface area contributed by atoms with E-state index in [4.69, 9.17) is 5.11 Å². The zero-order valence-electron chi connectivity index (χ0n) is 26.7. The molecule has 0 aliphatic heterocycles. The molecule has 274 valence electrons. The molecular formula is C36H26F14O. The van der Waals surface area contributed by atoms with Crippen LogP contribution in [-0.2, 0) is 6.42 Å². The second-order valence-corrected chi connectivity index (χ2v) is 9.18. The third kappa shape index (κ3) is 10.5. The second-order valence-electron chi connectivity index (χ2n) is 9.18. The Kier molecular flexibility index (Phi) is 18.5. The lowest BCUT2D eigenvalue weighted by molar-refractivity contribution is 0.376. The summed E-state index contributed by atoms with van der Waals surface area (Å²) in [4.78, 5) is 0. The van der Waals surface area contributed by atoms with Crippen LogP contribution in [0.2, 0.25) is 0 Å². The lowest BCUT2D eigenvalue weighted by Gasteiger charge is -2.09. The standard InChI is InChI=1S/C11H8F3.C9H7F4.C8HF5.C7H6F2.CH4O/c1-4-7-6(3)9(12)11(14)10(13)8(7)5-2;1-3-5-8(12)6(10)4(2)7(11)9(5)13;1-2-3-4(9)6(11)8(13)7(12)5(3)10;1-5-3-2-4-6(8)7(5)9;1-2/h4-5H,1-3H2;2-3H2,1H3;1H;2-4H,1H3;2H,1H3. The van der Waals surface area contributed by atoms with Crippen molar-refractivity contribution in [3.8, 4) is 12.3 Å². The summed E-state index contributed by atoms with van der Waals surface area (Å²) >= 11 is 0. The average molecular weight is 741 g/mol. The zero-order chi connectivity index (χ0) is 40.1. The Morgan fingerprint density at radius 2 is 0.961 bits per heavy atom. The fourth-order valence-electron chi connectivity index (χ4n) is 3.56. The molecule has 4 aromatic rings. The molecular weight excluding hydrogens is 714 g/mol. The molecule has 0 aliphatic carbocycles. The minimum Gasteiger partial charge on any atom is -0.400 e. The van der Waals surface area contributed by atoms with Crippen LogP contribution in [0.1, 0.15) is 45.9 Å². The molecule has 0 bridgehead atoms. The van der Waals surface area contributed by atoms with E-state index in [0.29, 0.717) is 5.56 Å². The number of rotatable bonds is 3. The molecule has 15 heteroatoms. The minimum absolute atomic E-state index is 0.105. The molecule has 0 unspecified atom stereocenters. The number of aliphatic hydroxyl groups is 1. The first kappa shape index (κ1) is 45.9. The number of halogens is 14. The number of benzene rings is 4. The van der Waals surface area contributed by atoms with Crippen molar-refractivity contribution in [2.45, 2.75) is 20.3 Å². The molecule has 0 fully saturated rings. The predicted molar refractivity (Wildman–Crippen MR) is 164 cm³/mol. The number of hydrogen-bond donors (Lipinski definition) is 1. The van der Waals surface area contributed by atoms with Crippen LogP contribution in [0, 0.1) is 115 Å². The Balaban J connectivity index is 0.000000649. The van der Waals surface area contributed by atoms with Gasteiger partial charge in [-0.2, -0.15) is 0 Å². The summed E-state index contributed by atoms with van der Waals surface area (Å²) < 4.78 is 177. The quantitative estimate of drug-likeness (QED) is 0.0960. The van der Waals surface area contributed by atoms with E-state index in [1.54, 1.807) is 0 Å². The second kappa shape index (κ2) is 20.5. The van der Waals surface area contributed by atoms with E-state index >= 15 is 0 Å². The largest absolute Gasteiger partial charge is 0.400 e. The molecule has 51 heavy (non-hydrogen) atoms. The van der Waals surface area contributed by atoms with Gasteiger partial charge >= 0.3 is 0 Å². The number of aryl methyl sites for hydroxylation is 1. The maximum Gasteiger partial charge on any atom is 0.200 e. The van der Waals surface area contributed by atoms with Crippen molar-refractivity contribution >= 4 is 12.2 Å². The minimum atomic E-state index is -2.21. The van der Waals surface area contributed by atoms with E-state index in [2.05, 4.69) is 33.4 Å². The van der Waals surface area contributed by atoms with Crippen molar-refractivity contribution in [2.24, 2.45) is 0 Å². The van der Waals surface area contributed by atoms with Crippen molar-refractivity contribution in [1.29, 1.82) is 0 Å². The van der Waals surface area contributed by atoms with E-state index in [0.717, 1.165) is 19.3 Å². The van der Waals surface area contributed by atoms with Crippen LogP contribution in [0.3, 0.4) is 0 Å². The first-order valence-electron chi connectivity index (χ1n) is 13.5. The molecule has 4 aromatic carbocycles. The van der Waals surface area contributed by atoms with Crippen LogP contribution >= 0.6 is 0 Å². The highest BCUT2D eigenvalue weighted by molar-refractivity contribution is 5.68. The smallest absolute Gasteiger partial charge is 0.200 e. The Morgan fingerprint density at radius 1 is 0.569 bits per heavy atom. The van der Waals surface area contributed by atoms with E-state index in [9.17, 15) is 61.5 Å². The van der Waals surface area contributed by atoms with Crippen molar-refractivity contribution in [2.75, 3.05) is 7.11 Å². The predicted octanol–water partition coefficient (Wildman–Crippen LogP) is 10.8. The van der Waals surface area contributed by atoms with Gasteiger partial charge < -0.3 is 5.11 Å². The summed E-state index contributed by atoms with van der Waals surface area (Å²) in [5, 5.41) is 7.00. The summed E-state index contributed by atoms with van der Waals surface area (Å²) in [6, 6.07) is 4.11. The first-order chi connectivity index (χ1) is 23.8. The van der Waals surface area contributed by atoms with E-state index in [1.807, 2.05) is 0 Å². The van der Waals surface area contributed by atoms with Gasteiger partial charge in [0, 0.05) is 23.8 Å². The van der Waals surface area contributed by atoms with Gasteiger partial charge in [0.2, 0.25) is 5.82 Å². The maximum absolute atomic E-state index is 13.1. The summed E-state index contributed by atoms with van der Waals surface area (Å²) in [5.41, 5.74) is -2.57. The number of terminal acetylenes is 1. The molecule has 1 N–H and O–H groups in total. The Morgan fingerprint density at radius 3 is 1.31 bits per heavy atom. The highest BCUT2D eigenvalue weighted by Gasteiger charge is 2.24. The lowest BCUT2D eigenvalue weighted by atomic mass is 10.0. The van der Waals surface area contributed by atoms with Crippen LogP contribution in [0.5, 0.6) is 0 Å². The fourth-order valence-corrected chi connectivity index (χ4v) is 3.56. The fraction of sp³-hybridized carbons (Fsp3) is 0.111.